The topological polar surface area (TPSA) is 61.5 Å². The maximum atomic E-state index is 10.9. The SMILES string of the molecule is COC(=O)COc1ccc(Br)cc1CCN. The Morgan fingerprint density at radius 3 is 2.88 bits per heavy atom. The van der Waals surface area contributed by atoms with Crippen molar-refractivity contribution in [3.05, 3.63) is 28.2 Å². The molecule has 4 nitrogen and oxygen atoms in total. The van der Waals surface area contributed by atoms with Crippen LogP contribution in [0.15, 0.2) is 22.7 Å². The monoisotopic (exact) mass is 287 g/mol. The normalized spacial score (nSPS) is 9.94. The molecule has 5 heteroatoms. The highest BCUT2D eigenvalue weighted by atomic mass is 79.9. The zero-order valence-corrected chi connectivity index (χ0v) is 10.6. The van der Waals surface area contributed by atoms with E-state index < -0.39 is 5.97 Å². The Morgan fingerprint density at radius 1 is 1.50 bits per heavy atom. The zero-order chi connectivity index (χ0) is 12.0. The van der Waals surface area contributed by atoms with Gasteiger partial charge in [-0.05, 0) is 36.7 Å². The maximum Gasteiger partial charge on any atom is 0.343 e. The van der Waals surface area contributed by atoms with Gasteiger partial charge in [0.2, 0.25) is 0 Å². The van der Waals surface area contributed by atoms with Crippen LogP contribution >= 0.6 is 15.9 Å². The fourth-order valence-corrected chi connectivity index (χ4v) is 1.64. The van der Waals surface area contributed by atoms with Crippen molar-refractivity contribution in [2.75, 3.05) is 20.3 Å². The van der Waals surface area contributed by atoms with E-state index >= 15 is 0 Å². The lowest BCUT2D eigenvalue weighted by atomic mass is 10.1. The lowest BCUT2D eigenvalue weighted by Gasteiger charge is -2.10. The second kappa shape index (κ2) is 6.50. The highest BCUT2D eigenvalue weighted by molar-refractivity contribution is 9.10. The molecule has 0 bridgehead atoms. The van der Waals surface area contributed by atoms with Crippen LogP contribution in [0.5, 0.6) is 5.75 Å². The molecule has 1 aromatic rings. The van der Waals surface area contributed by atoms with Gasteiger partial charge in [-0.2, -0.15) is 0 Å². The number of ether oxygens (including phenoxy) is 2. The van der Waals surface area contributed by atoms with Crippen molar-refractivity contribution in [3.63, 3.8) is 0 Å². The maximum absolute atomic E-state index is 10.9. The van der Waals surface area contributed by atoms with Gasteiger partial charge in [-0.25, -0.2) is 4.79 Å². The predicted molar refractivity (Wildman–Crippen MR) is 64.4 cm³/mol. The quantitative estimate of drug-likeness (QED) is 0.834. The largest absolute Gasteiger partial charge is 0.482 e. The number of methoxy groups -OCH3 is 1. The van der Waals surface area contributed by atoms with Crippen molar-refractivity contribution in [2.45, 2.75) is 6.42 Å². The Bertz CT molecular complexity index is 368. The third-order valence-electron chi connectivity index (χ3n) is 2.01. The van der Waals surface area contributed by atoms with Crippen molar-refractivity contribution in [1.29, 1.82) is 0 Å². The molecule has 16 heavy (non-hydrogen) atoms. The highest BCUT2D eigenvalue weighted by Gasteiger charge is 2.07. The molecule has 0 fully saturated rings. The van der Waals surface area contributed by atoms with Gasteiger partial charge in [0.05, 0.1) is 7.11 Å². The minimum Gasteiger partial charge on any atom is -0.482 e. The molecule has 0 radical (unpaired) electrons. The smallest absolute Gasteiger partial charge is 0.343 e. The minimum absolute atomic E-state index is 0.0876. The van der Waals surface area contributed by atoms with Crippen molar-refractivity contribution >= 4 is 21.9 Å². The lowest BCUT2D eigenvalue weighted by molar-refractivity contribution is -0.142. The molecule has 2 N–H and O–H groups in total. The minimum atomic E-state index is -0.401. The first kappa shape index (κ1) is 13.0. The van der Waals surface area contributed by atoms with Gasteiger partial charge in [0, 0.05) is 4.47 Å². The average Bonchev–Trinajstić information content (AvgIpc) is 2.28. The van der Waals surface area contributed by atoms with Crippen LogP contribution in [0.3, 0.4) is 0 Å². The number of rotatable bonds is 5. The molecule has 0 atom stereocenters. The van der Waals surface area contributed by atoms with E-state index in [4.69, 9.17) is 10.5 Å². The molecular weight excluding hydrogens is 274 g/mol. The van der Waals surface area contributed by atoms with Crippen LogP contribution in [-0.4, -0.2) is 26.2 Å². The van der Waals surface area contributed by atoms with E-state index in [0.29, 0.717) is 18.7 Å². The molecular formula is C11H14BrNO3. The van der Waals surface area contributed by atoms with Crippen molar-refractivity contribution < 1.29 is 14.3 Å². The molecule has 0 saturated heterocycles. The molecule has 0 aliphatic carbocycles. The first-order valence-electron chi connectivity index (χ1n) is 4.85. The molecule has 0 spiro atoms. The van der Waals surface area contributed by atoms with Crippen LogP contribution in [0.2, 0.25) is 0 Å². The number of nitrogens with two attached hydrogens (primary N) is 1. The Balaban J connectivity index is 2.73. The summed E-state index contributed by atoms with van der Waals surface area (Å²) in [7, 11) is 1.33. The third kappa shape index (κ3) is 3.83. The summed E-state index contributed by atoms with van der Waals surface area (Å²) in [6.07, 6.45) is 0.704. The third-order valence-corrected chi connectivity index (χ3v) is 2.50. The number of benzene rings is 1. The summed E-state index contributed by atoms with van der Waals surface area (Å²) in [5.41, 5.74) is 6.47. The number of carbonyl (C=O) groups excluding carboxylic acids is 1. The molecule has 0 heterocycles. The number of carbonyl (C=O) groups is 1. The van der Waals surface area contributed by atoms with Crippen molar-refractivity contribution in [1.82, 2.24) is 0 Å². The summed E-state index contributed by atoms with van der Waals surface area (Å²) >= 11 is 3.37. The van der Waals surface area contributed by atoms with E-state index in [0.717, 1.165) is 10.0 Å². The van der Waals surface area contributed by atoms with Gasteiger partial charge >= 0.3 is 5.97 Å². The molecule has 1 rings (SSSR count). The Hall–Kier alpha value is -1.07. The molecule has 0 unspecified atom stereocenters. The second-order valence-corrected chi connectivity index (χ2v) is 4.07. The standard InChI is InChI=1S/C11H14BrNO3/c1-15-11(14)7-16-10-3-2-9(12)6-8(10)4-5-13/h2-3,6H,4-5,7,13H2,1H3. The van der Waals surface area contributed by atoms with Crippen LogP contribution < -0.4 is 10.5 Å². The van der Waals surface area contributed by atoms with Gasteiger partial charge in [-0.3, -0.25) is 0 Å². The Morgan fingerprint density at radius 2 is 2.25 bits per heavy atom. The number of hydrogen-bond donors (Lipinski definition) is 1. The van der Waals surface area contributed by atoms with Gasteiger partial charge in [0.1, 0.15) is 5.75 Å². The molecule has 0 aliphatic rings. The van der Waals surface area contributed by atoms with Crippen LogP contribution in [-0.2, 0) is 16.0 Å². The average molecular weight is 288 g/mol. The summed E-state index contributed by atoms with van der Waals surface area (Å²) in [6.45, 7) is 0.445. The Labute approximate surface area is 103 Å². The van der Waals surface area contributed by atoms with Gasteiger partial charge in [-0.15, -0.1) is 0 Å². The molecule has 0 aromatic heterocycles. The fourth-order valence-electron chi connectivity index (χ4n) is 1.24. The lowest BCUT2D eigenvalue weighted by Crippen LogP contribution is -2.14. The number of halogens is 1. The van der Waals surface area contributed by atoms with E-state index in [1.165, 1.54) is 7.11 Å². The fraction of sp³-hybridized carbons (Fsp3) is 0.364. The van der Waals surface area contributed by atoms with E-state index in [1.54, 1.807) is 6.07 Å². The van der Waals surface area contributed by atoms with E-state index in [-0.39, 0.29) is 6.61 Å². The predicted octanol–water partition coefficient (Wildman–Crippen LogP) is 1.50. The van der Waals surface area contributed by atoms with Crippen LogP contribution in [0.1, 0.15) is 5.56 Å². The first-order chi connectivity index (χ1) is 7.67. The summed E-state index contributed by atoms with van der Waals surface area (Å²) in [6, 6.07) is 5.59. The van der Waals surface area contributed by atoms with Crippen molar-refractivity contribution in [2.24, 2.45) is 5.73 Å². The van der Waals surface area contributed by atoms with E-state index in [1.807, 2.05) is 12.1 Å². The summed E-state index contributed by atoms with van der Waals surface area (Å²) in [5, 5.41) is 0. The zero-order valence-electron chi connectivity index (χ0n) is 9.03. The van der Waals surface area contributed by atoms with Gasteiger partial charge in [-0.1, -0.05) is 15.9 Å². The van der Waals surface area contributed by atoms with E-state index in [2.05, 4.69) is 20.7 Å². The molecule has 0 aliphatic heterocycles. The van der Waals surface area contributed by atoms with Gasteiger partial charge in [0.15, 0.2) is 6.61 Å². The van der Waals surface area contributed by atoms with Crippen molar-refractivity contribution in [3.8, 4) is 5.75 Å². The summed E-state index contributed by atoms with van der Waals surface area (Å²) in [5.74, 6) is 0.265. The van der Waals surface area contributed by atoms with E-state index in [9.17, 15) is 4.79 Å². The van der Waals surface area contributed by atoms with Gasteiger partial charge < -0.3 is 15.2 Å². The Kier molecular flexibility index (Phi) is 5.28. The summed E-state index contributed by atoms with van der Waals surface area (Å²) < 4.78 is 10.8. The van der Waals surface area contributed by atoms with Crippen LogP contribution in [0.4, 0.5) is 0 Å². The van der Waals surface area contributed by atoms with Gasteiger partial charge in [0.25, 0.3) is 0 Å². The number of esters is 1. The number of hydrogen-bond acceptors (Lipinski definition) is 4. The van der Waals surface area contributed by atoms with Crippen LogP contribution in [0, 0.1) is 0 Å². The first-order valence-corrected chi connectivity index (χ1v) is 5.64. The van der Waals surface area contributed by atoms with Crippen LogP contribution in [0.25, 0.3) is 0 Å². The molecule has 1 aromatic carbocycles. The second-order valence-electron chi connectivity index (χ2n) is 3.16. The molecule has 0 amide bonds. The summed E-state index contributed by atoms with van der Waals surface area (Å²) in [4.78, 5) is 10.9. The molecule has 88 valence electrons. The highest BCUT2D eigenvalue weighted by Crippen LogP contribution is 2.23. The molecule has 0 saturated carbocycles.